The van der Waals surface area contributed by atoms with Gasteiger partial charge in [-0.25, -0.2) is 0 Å². The Labute approximate surface area is 132 Å². The zero-order valence-corrected chi connectivity index (χ0v) is 12.7. The number of ether oxygens (including phenoxy) is 1. The zero-order chi connectivity index (χ0) is 14.3. The fourth-order valence-electron chi connectivity index (χ4n) is 2.43. The van der Waals surface area contributed by atoms with Crippen molar-refractivity contribution >= 4 is 34.8 Å². The Morgan fingerprint density at radius 1 is 0.950 bits per heavy atom. The molecule has 0 spiro atoms. The SMILES string of the molecule is N[C@@H]1CC(c2ccc(Cl)cc2Cl)Oc2ccc(Cl)cc21. The van der Waals surface area contributed by atoms with Crippen molar-refractivity contribution in [1.29, 1.82) is 0 Å². The van der Waals surface area contributed by atoms with E-state index in [1.165, 1.54) is 0 Å². The monoisotopic (exact) mass is 327 g/mol. The quantitative estimate of drug-likeness (QED) is 0.783. The van der Waals surface area contributed by atoms with E-state index in [4.69, 9.17) is 45.3 Å². The molecule has 2 atom stereocenters. The van der Waals surface area contributed by atoms with Gasteiger partial charge in [0.25, 0.3) is 0 Å². The minimum Gasteiger partial charge on any atom is -0.485 e. The molecule has 2 N–H and O–H groups in total. The van der Waals surface area contributed by atoms with E-state index in [0.717, 1.165) is 16.9 Å². The molecule has 104 valence electrons. The minimum atomic E-state index is -0.177. The van der Waals surface area contributed by atoms with Crippen molar-refractivity contribution in [1.82, 2.24) is 0 Å². The predicted molar refractivity (Wildman–Crippen MR) is 82.8 cm³/mol. The fourth-order valence-corrected chi connectivity index (χ4v) is 3.14. The van der Waals surface area contributed by atoms with Gasteiger partial charge in [0, 0.05) is 38.7 Å². The molecule has 1 aliphatic heterocycles. The molecule has 0 radical (unpaired) electrons. The van der Waals surface area contributed by atoms with Crippen LogP contribution in [0.4, 0.5) is 0 Å². The molecule has 2 nitrogen and oxygen atoms in total. The standard InChI is InChI=1S/C15H12Cl3NO/c16-8-2-4-14-11(5-8)13(19)7-15(20-14)10-3-1-9(17)6-12(10)18/h1-6,13,15H,7,19H2/t13-,15?/m1/s1. The average Bonchev–Trinajstić information content (AvgIpc) is 2.39. The summed E-state index contributed by atoms with van der Waals surface area (Å²) in [7, 11) is 0. The van der Waals surface area contributed by atoms with Gasteiger partial charge in [-0.2, -0.15) is 0 Å². The summed E-state index contributed by atoms with van der Waals surface area (Å²) in [6.45, 7) is 0. The number of hydrogen-bond donors (Lipinski definition) is 1. The summed E-state index contributed by atoms with van der Waals surface area (Å²) in [5.74, 6) is 0.754. The van der Waals surface area contributed by atoms with Crippen LogP contribution >= 0.6 is 34.8 Å². The summed E-state index contributed by atoms with van der Waals surface area (Å²) >= 11 is 18.1. The van der Waals surface area contributed by atoms with Crippen molar-refractivity contribution in [3.8, 4) is 5.75 Å². The average molecular weight is 329 g/mol. The summed E-state index contributed by atoms with van der Waals surface area (Å²) in [4.78, 5) is 0. The maximum Gasteiger partial charge on any atom is 0.127 e. The third-order valence-electron chi connectivity index (χ3n) is 3.42. The molecule has 0 aliphatic carbocycles. The van der Waals surface area contributed by atoms with E-state index < -0.39 is 0 Å². The van der Waals surface area contributed by atoms with Gasteiger partial charge in [-0.15, -0.1) is 0 Å². The van der Waals surface area contributed by atoms with E-state index in [9.17, 15) is 0 Å². The molecule has 0 saturated heterocycles. The van der Waals surface area contributed by atoms with Gasteiger partial charge in [-0.05, 0) is 30.3 Å². The smallest absolute Gasteiger partial charge is 0.127 e. The molecule has 0 aromatic heterocycles. The van der Waals surface area contributed by atoms with Crippen LogP contribution in [0.1, 0.15) is 29.7 Å². The molecule has 20 heavy (non-hydrogen) atoms. The Balaban J connectivity index is 1.97. The molecule has 2 aromatic rings. The van der Waals surface area contributed by atoms with Crippen LogP contribution in [0.3, 0.4) is 0 Å². The van der Waals surface area contributed by atoms with E-state index in [2.05, 4.69) is 0 Å². The Bertz CT molecular complexity index is 660. The molecule has 0 amide bonds. The van der Waals surface area contributed by atoms with Crippen molar-refractivity contribution in [2.24, 2.45) is 5.73 Å². The van der Waals surface area contributed by atoms with Gasteiger partial charge in [-0.3, -0.25) is 0 Å². The highest BCUT2D eigenvalue weighted by Crippen LogP contribution is 2.42. The van der Waals surface area contributed by atoms with Crippen LogP contribution in [-0.4, -0.2) is 0 Å². The summed E-state index contributed by atoms with van der Waals surface area (Å²) in [5.41, 5.74) is 8.04. The third-order valence-corrected chi connectivity index (χ3v) is 4.22. The van der Waals surface area contributed by atoms with Crippen LogP contribution in [0, 0.1) is 0 Å². The highest BCUT2D eigenvalue weighted by Gasteiger charge is 2.28. The van der Waals surface area contributed by atoms with Crippen molar-refractivity contribution in [3.63, 3.8) is 0 Å². The van der Waals surface area contributed by atoms with Crippen LogP contribution in [0.2, 0.25) is 15.1 Å². The van der Waals surface area contributed by atoms with E-state index in [1.54, 1.807) is 18.2 Å². The van der Waals surface area contributed by atoms with Gasteiger partial charge in [0.05, 0.1) is 0 Å². The molecule has 3 rings (SSSR count). The van der Waals surface area contributed by atoms with Gasteiger partial charge in [0.2, 0.25) is 0 Å². The Kier molecular flexibility index (Phi) is 3.83. The van der Waals surface area contributed by atoms with E-state index in [0.29, 0.717) is 21.5 Å². The molecule has 5 heteroatoms. The van der Waals surface area contributed by atoms with Crippen molar-refractivity contribution in [3.05, 3.63) is 62.6 Å². The summed E-state index contributed by atoms with van der Waals surface area (Å²) in [6, 6.07) is 10.7. The molecule has 0 saturated carbocycles. The van der Waals surface area contributed by atoms with Crippen LogP contribution in [0.25, 0.3) is 0 Å². The highest BCUT2D eigenvalue weighted by molar-refractivity contribution is 6.35. The second-order valence-corrected chi connectivity index (χ2v) is 6.08. The maximum atomic E-state index is 6.24. The molecule has 0 fully saturated rings. The molecule has 1 unspecified atom stereocenters. The molecule has 2 aromatic carbocycles. The topological polar surface area (TPSA) is 35.2 Å². The van der Waals surface area contributed by atoms with Crippen molar-refractivity contribution < 1.29 is 4.74 Å². The Morgan fingerprint density at radius 2 is 1.65 bits per heavy atom. The number of halogens is 3. The Morgan fingerprint density at radius 3 is 2.40 bits per heavy atom. The fraction of sp³-hybridized carbons (Fsp3) is 0.200. The van der Waals surface area contributed by atoms with Gasteiger partial charge in [0.15, 0.2) is 0 Å². The van der Waals surface area contributed by atoms with Gasteiger partial charge < -0.3 is 10.5 Å². The van der Waals surface area contributed by atoms with Crippen LogP contribution in [0.15, 0.2) is 36.4 Å². The summed E-state index contributed by atoms with van der Waals surface area (Å²) in [5, 5.41) is 1.85. The lowest BCUT2D eigenvalue weighted by atomic mass is 9.93. The van der Waals surface area contributed by atoms with Crippen molar-refractivity contribution in [2.45, 2.75) is 18.6 Å². The lowest BCUT2D eigenvalue weighted by molar-refractivity contribution is 0.161. The lowest BCUT2D eigenvalue weighted by Crippen LogP contribution is -2.24. The molecular weight excluding hydrogens is 317 g/mol. The molecule has 1 heterocycles. The molecule has 1 aliphatic rings. The number of nitrogens with two attached hydrogens (primary N) is 1. The first kappa shape index (κ1) is 14.0. The number of hydrogen-bond acceptors (Lipinski definition) is 2. The van der Waals surface area contributed by atoms with Crippen LogP contribution in [-0.2, 0) is 0 Å². The maximum absolute atomic E-state index is 6.24. The first-order chi connectivity index (χ1) is 9.54. The van der Waals surface area contributed by atoms with Crippen molar-refractivity contribution in [2.75, 3.05) is 0 Å². The second kappa shape index (κ2) is 5.45. The van der Waals surface area contributed by atoms with Gasteiger partial charge >= 0.3 is 0 Å². The van der Waals surface area contributed by atoms with Crippen LogP contribution in [0.5, 0.6) is 5.75 Å². The largest absolute Gasteiger partial charge is 0.485 e. The first-order valence-corrected chi connectivity index (χ1v) is 7.34. The number of benzene rings is 2. The molecular formula is C15H12Cl3NO. The highest BCUT2D eigenvalue weighted by atomic mass is 35.5. The van der Waals surface area contributed by atoms with Gasteiger partial charge in [-0.1, -0.05) is 40.9 Å². The minimum absolute atomic E-state index is 0.130. The van der Waals surface area contributed by atoms with E-state index in [-0.39, 0.29) is 12.1 Å². The number of rotatable bonds is 1. The summed E-state index contributed by atoms with van der Waals surface area (Å²) < 4.78 is 6.00. The third kappa shape index (κ3) is 2.61. The van der Waals surface area contributed by atoms with Crippen LogP contribution < -0.4 is 10.5 Å². The zero-order valence-electron chi connectivity index (χ0n) is 10.4. The van der Waals surface area contributed by atoms with Gasteiger partial charge in [0.1, 0.15) is 11.9 Å². The first-order valence-electron chi connectivity index (χ1n) is 6.21. The van der Waals surface area contributed by atoms with E-state index >= 15 is 0 Å². The molecule has 0 bridgehead atoms. The van der Waals surface area contributed by atoms with E-state index in [1.807, 2.05) is 18.2 Å². The Hall–Kier alpha value is -0.930. The number of fused-ring (bicyclic) bond motifs is 1. The normalized spacial score (nSPS) is 21.2. The second-order valence-electron chi connectivity index (χ2n) is 4.80. The lowest BCUT2D eigenvalue weighted by Gasteiger charge is -2.31. The summed E-state index contributed by atoms with van der Waals surface area (Å²) in [6.07, 6.45) is 0.470. The predicted octanol–water partition coefficient (Wildman–Crippen LogP) is 5.17.